The number of carbonyl (C=O) groups is 3. The summed E-state index contributed by atoms with van der Waals surface area (Å²) in [6.07, 6.45) is 1.99. The minimum absolute atomic E-state index is 0.00613. The average Bonchev–Trinajstić information content (AvgIpc) is 3.44. The van der Waals surface area contributed by atoms with Gasteiger partial charge in [0.15, 0.2) is 0 Å². The van der Waals surface area contributed by atoms with Crippen LogP contribution in [0, 0.1) is 18.8 Å². The van der Waals surface area contributed by atoms with E-state index in [1.807, 2.05) is 52.0 Å². The molecule has 7 nitrogen and oxygen atoms in total. The molecule has 0 spiro atoms. The number of hydrogen-bond acceptors (Lipinski definition) is 4. The third-order valence-corrected chi connectivity index (χ3v) is 6.40. The Kier molecular flexibility index (Phi) is 9.76. The lowest BCUT2D eigenvalue weighted by Gasteiger charge is -2.37. The van der Waals surface area contributed by atoms with Crippen LogP contribution in [0.15, 0.2) is 24.3 Å². The van der Waals surface area contributed by atoms with E-state index >= 15 is 0 Å². The number of carbonyl (C=O) groups excluding carboxylic acids is 3. The van der Waals surface area contributed by atoms with Gasteiger partial charge < -0.3 is 20.3 Å². The van der Waals surface area contributed by atoms with E-state index in [2.05, 4.69) is 24.5 Å². The molecule has 1 aromatic rings. The van der Waals surface area contributed by atoms with Crippen molar-refractivity contribution in [2.75, 3.05) is 0 Å². The lowest BCUT2D eigenvalue weighted by atomic mass is 9.95. The third-order valence-electron chi connectivity index (χ3n) is 6.40. The van der Waals surface area contributed by atoms with Crippen molar-refractivity contribution < 1.29 is 19.1 Å². The van der Waals surface area contributed by atoms with Crippen LogP contribution >= 0.6 is 0 Å². The lowest BCUT2D eigenvalue weighted by Crippen LogP contribution is -2.56. The van der Waals surface area contributed by atoms with Crippen molar-refractivity contribution in [3.05, 3.63) is 35.4 Å². The second-order valence-electron chi connectivity index (χ2n) is 11.4. The first-order valence-corrected chi connectivity index (χ1v) is 12.9. The highest BCUT2D eigenvalue weighted by Crippen LogP contribution is 2.41. The molecule has 7 heteroatoms. The number of amides is 3. The molecule has 0 bridgehead atoms. The highest BCUT2D eigenvalue weighted by Gasteiger charge is 2.49. The molecule has 0 heterocycles. The second kappa shape index (κ2) is 11.9. The van der Waals surface area contributed by atoms with Crippen molar-refractivity contribution >= 4 is 17.9 Å². The quantitative estimate of drug-likeness (QED) is 0.479. The Morgan fingerprint density at radius 2 is 1.71 bits per heavy atom. The topological polar surface area (TPSA) is 87.7 Å². The molecule has 2 rings (SSSR count). The van der Waals surface area contributed by atoms with Crippen molar-refractivity contribution in [3.8, 4) is 0 Å². The van der Waals surface area contributed by atoms with E-state index in [0.717, 1.165) is 30.4 Å². The molecule has 1 fully saturated rings. The van der Waals surface area contributed by atoms with Crippen LogP contribution in [0.25, 0.3) is 0 Å². The lowest BCUT2D eigenvalue weighted by molar-refractivity contribution is -0.144. The summed E-state index contributed by atoms with van der Waals surface area (Å²) in [5.41, 5.74) is 1.07. The standard InChI is InChI=1S/C28H45N3O4/c1-10-13-20(6)29-25(32)24(21-15-12-11-14-18(21)4)31(22-16-19(22)5)26(33)23(17(2)3)30-27(34)35-28(7,8)9/h11-12,14-15,17,19-20,22-24H,10,13,16H2,1-9H3,(H,29,32)(H,30,34). The molecule has 0 aromatic heterocycles. The number of alkyl carbamates (subject to hydrolysis) is 1. The van der Waals surface area contributed by atoms with E-state index in [0.29, 0.717) is 0 Å². The van der Waals surface area contributed by atoms with E-state index in [1.54, 1.807) is 25.7 Å². The van der Waals surface area contributed by atoms with Crippen molar-refractivity contribution in [1.82, 2.24) is 15.5 Å². The molecule has 1 saturated carbocycles. The van der Waals surface area contributed by atoms with Gasteiger partial charge in [-0.25, -0.2) is 4.79 Å². The van der Waals surface area contributed by atoms with Crippen LogP contribution in [-0.2, 0) is 14.3 Å². The zero-order valence-corrected chi connectivity index (χ0v) is 23.0. The van der Waals surface area contributed by atoms with E-state index < -0.39 is 23.8 Å². The Labute approximate surface area is 211 Å². The van der Waals surface area contributed by atoms with Gasteiger partial charge in [0.05, 0.1) is 0 Å². The molecule has 2 N–H and O–H groups in total. The summed E-state index contributed by atoms with van der Waals surface area (Å²) in [7, 11) is 0. The molecule has 3 amide bonds. The van der Waals surface area contributed by atoms with Crippen LogP contribution in [0.5, 0.6) is 0 Å². The predicted molar refractivity (Wildman–Crippen MR) is 139 cm³/mol. The number of ether oxygens (including phenoxy) is 1. The number of aryl methyl sites for hydroxylation is 1. The minimum atomic E-state index is -0.815. The average molecular weight is 488 g/mol. The summed E-state index contributed by atoms with van der Waals surface area (Å²) in [5, 5.41) is 5.92. The maximum Gasteiger partial charge on any atom is 0.408 e. The van der Waals surface area contributed by atoms with Gasteiger partial charge in [-0.3, -0.25) is 9.59 Å². The number of nitrogens with one attached hydrogen (secondary N) is 2. The Morgan fingerprint density at radius 3 is 2.20 bits per heavy atom. The maximum atomic E-state index is 14.1. The van der Waals surface area contributed by atoms with Crippen LogP contribution < -0.4 is 10.6 Å². The van der Waals surface area contributed by atoms with Gasteiger partial charge in [0.1, 0.15) is 17.7 Å². The smallest absolute Gasteiger partial charge is 0.408 e. The zero-order chi connectivity index (χ0) is 26.5. The number of benzene rings is 1. The SMILES string of the molecule is CCCC(C)NC(=O)C(c1ccccc1C)N(C(=O)C(NC(=O)OC(C)(C)C)C(C)C)C1CC1C. The molecular formula is C28H45N3O4. The molecule has 35 heavy (non-hydrogen) atoms. The Morgan fingerprint density at radius 1 is 1.11 bits per heavy atom. The summed E-state index contributed by atoms with van der Waals surface area (Å²) in [6, 6.07) is 6.04. The highest BCUT2D eigenvalue weighted by atomic mass is 16.6. The van der Waals surface area contributed by atoms with Gasteiger partial charge in [0.25, 0.3) is 0 Å². The van der Waals surface area contributed by atoms with E-state index in [4.69, 9.17) is 4.74 Å². The Balaban J connectivity index is 2.48. The first kappa shape index (κ1) is 28.7. The van der Waals surface area contributed by atoms with Gasteiger partial charge in [0.2, 0.25) is 11.8 Å². The Bertz CT molecular complexity index is 892. The van der Waals surface area contributed by atoms with Crippen LogP contribution in [0.1, 0.15) is 91.8 Å². The van der Waals surface area contributed by atoms with Crippen LogP contribution in [0.3, 0.4) is 0 Å². The van der Waals surface area contributed by atoms with Gasteiger partial charge in [-0.1, -0.05) is 58.4 Å². The minimum Gasteiger partial charge on any atom is -0.444 e. The van der Waals surface area contributed by atoms with Gasteiger partial charge in [0, 0.05) is 12.1 Å². The monoisotopic (exact) mass is 487 g/mol. The van der Waals surface area contributed by atoms with E-state index in [-0.39, 0.29) is 35.7 Å². The molecule has 0 aliphatic heterocycles. The number of hydrogen-bond donors (Lipinski definition) is 2. The van der Waals surface area contributed by atoms with Crippen LogP contribution in [0.2, 0.25) is 0 Å². The third kappa shape index (κ3) is 7.97. The molecule has 5 unspecified atom stereocenters. The van der Waals surface area contributed by atoms with Crippen LogP contribution in [0.4, 0.5) is 4.79 Å². The first-order chi connectivity index (χ1) is 16.3. The fraction of sp³-hybridized carbons (Fsp3) is 0.679. The highest BCUT2D eigenvalue weighted by molar-refractivity contribution is 5.93. The summed E-state index contributed by atoms with van der Waals surface area (Å²) in [6.45, 7) is 17.3. The molecule has 0 saturated heterocycles. The fourth-order valence-electron chi connectivity index (χ4n) is 4.42. The molecule has 1 aliphatic rings. The van der Waals surface area contributed by atoms with Gasteiger partial charge >= 0.3 is 6.09 Å². The van der Waals surface area contributed by atoms with Gasteiger partial charge in [-0.2, -0.15) is 0 Å². The van der Waals surface area contributed by atoms with E-state index in [1.165, 1.54) is 0 Å². The number of rotatable bonds is 10. The summed E-state index contributed by atoms with van der Waals surface area (Å²) in [5.74, 6) is -0.355. The molecule has 196 valence electrons. The van der Waals surface area contributed by atoms with Crippen molar-refractivity contribution in [3.63, 3.8) is 0 Å². The van der Waals surface area contributed by atoms with Crippen LogP contribution in [-0.4, -0.2) is 46.5 Å². The number of nitrogens with zero attached hydrogens (tertiary/aromatic N) is 1. The summed E-state index contributed by atoms with van der Waals surface area (Å²) >= 11 is 0. The first-order valence-electron chi connectivity index (χ1n) is 12.9. The van der Waals surface area contributed by atoms with Crippen molar-refractivity contribution in [2.24, 2.45) is 11.8 Å². The second-order valence-corrected chi connectivity index (χ2v) is 11.4. The van der Waals surface area contributed by atoms with Crippen molar-refractivity contribution in [1.29, 1.82) is 0 Å². The summed E-state index contributed by atoms with van der Waals surface area (Å²) < 4.78 is 5.44. The molecular weight excluding hydrogens is 442 g/mol. The Hall–Kier alpha value is -2.57. The largest absolute Gasteiger partial charge is 0.444 e. The maximum absolute atomic E-state index is 14.1. The zero-order valence-electron chi connectivity index (χ0n) is 23.0. The molecule has 0 radical (unpaired) electrons. The van der Waals surface area contributed by atoms with Gasteiger partial charge in [-0.05, 0) is 70.4 Å². The molecule has 5 atom stereocenters. The normalized spacial score (nSPS) is 19.9. The van der Waals surface area contributed by atoms with Crippen molar-refractivity contribution in [2.45, 2.75) is 111 Å². The van der Waals surface area contributed by atoms with Gasteiger partial charge in [-0.15, -0.1) is 0 Å². The molecule has 1 aromatic carbocycles. The molecule has 1 aliphatic carbocycles. The fourth-order valence-corrected chi connectivity index (χ4v) is 4.42. The van der Waals surface area contributed by atoms with E-state index in [9.17, 15) is 14.4 Å². The predicted octanol–water partition coefficient (Wildman–Crippen LogP) is 5.13. The summed E-state index contributed by atoms with van der Waals surface area (Å²) in [4.78, 5) is 42.2.